The van der Waals surface area contributed by atoms with Crippen LogP contribution >= 0.6 is 38.5 Å². The van der Waals surface area contributed by atoms with Crippen LogP contribution in [0, 0.1) is 8.99 Å². The van der Waals surface area contributed by atoms with Crippen LogP contribution < -0.4 is 4.74 Å². The van der Waals surface area contributed by atoms with Crippen LogP contribution in [0.5, 0.6) is 5.75 Å². The number of ether oxygens (including phenoxy) is 1. The van der Waals surface area contributed by atoms with Gasteiger partial charge in [-0.15, -0.1) is 0 Å². The van der Waals surface area contributed by atoms with Gasteiger partial charge in [-0.05, 0) is 60.1 Å². The van der Waals surface area contributed by atoms with Gasteiger partial charge in [-0.1, -0.05) is 34.8 Å². The maximum absolute atomic E-state index is 6.20. The molecule has 0 heterocycles. The molecule has 2 saturated carbocycles. The summed E-state index contributed by atoms with van der Waals surface area (Å²) in [5.41, 5.74) is 0.432. The lowest BCUT2D eigenvalue weighted by Gasteiger charge is -2.51. The predicted octanol–water partition coefficient (Wildman–Crippen LogP) is 4.77. The molecule has 1 spiro atoms. The van der Waals surface area contributed by atoms with Gasteiger partial charge in [0.25, 0.3) is 0 Å². The fraction of sp³-hybridized carbons (Fsp3) is 0.571. The molecule has 2 aliphatic carbocycles. The van der Waals surface area contributed by atoms with Gasteiger partial charge in [0.05, 0.1) is 0 Å². The van der Waals surface area contributed by atoms with Gasteiger partial charge >= 0.3 is 0 Å². The van der Waals surface area contributed by atoms with Crippen LogP contribution in [0.15, 0.2) is 24.3 Å². The summed E-state index contributed by atoms with van der Waals surface area (Å²) in [5.74, 6) is 1.03. The third-order valence-corrected chi connectivity index (χ3v) is 6.25. The average molecular weight is 407 g/mol. The molecule has 0 amide bonds. The Morgan fingerprint density at radius 3 is 2.71 bits per heavy atom. The first-order valence-electron chi connectivity index (χ1n) is 6.27. The Balaban J connectivity index is 1.74. The van der Waals surface area contributed by atoms with Gasteiger partial charge in [0.15, 0.2) is 0 Å². The number of hydrogen-bond acceptors (Lipinski definition) is 1. The van der Waals surface area contributed by atoms with Gasteiger partial charge in [-0.3, -0.25) is 0 Å². The quantitative estimate of drug-likeness (QED) is 0.507. The Morgan fingerprint density at radius 2 is 2.06 bits per heavy atom. The Hall–Kier alpha value is 0.230. The average Bonchev–Trinajstić information content (AvgIpc) is 2.80. The summed E-state index contributed by atoms with van der Waals surface area (Å²) in [7, 11) is 0. The molecular weight excluding hydrogens is 391 g/mol. The van der Waals surface area contributed by atoms with E-state index >= 15 is 0 Å². The summed E-state index contributed by atoms with van der Waals surface area (Å²) in [5, 5.41) is 0. The second-order valence-electron chi connectivity index (χ2n) is 5.21. The minimum absolute atomic E-state index is 0.424. The van der Waals surface area contributed by atoms with Gasteiger partial charge in [0.2, 0.25) is 0 Å². The zero-order valence-electron chi connectivity index (χ0n) is 9.66. The summed E-state index contributed by atoms with van der Waals surface area (Å²) in [6.07, 6.45) is 6.98. The van der Waals surface area contributed by atoms with Crippen molar-refractivity contribution in [1.29, 1.82) is 0 Å². The molecule has 0 aliphatic heterocycles. The molecule has 0 saturated heterocycles. The van der Waals surface area contributed by atoms with Crippen LogP contribution in [0.3, 0.4) is 0 Å². The summed E-state index contributed by atoms with van der Waals surface area (Å²) in [6, 6.07) is 8.38. The van der Waals surface area contributed by atoms with Gasteiger partial charge in [-0.25, -0.2) is 0 Å². The van der Waals surface area contributed by atoms with E-state index in [0.717, 1.165) is 12.2 Å². The normalized spacial score (nSPS) is 30.2. The summed E-state index contributed by atoms with van der Waals surface area (Å²) in [6.45, 7) is 0. The van der Waals surface area contributed by atoms with E-state index in [0.29, 0.717) is 16.3 Å². The molecule has 17 heavy (non-hydrogen) atoms. The third kappa shape index (κ3) is 2.14. The summed E-state index contributed by atoms with van der Waals surface area (Å²) in [4.78, 5) is 0.672. The number of alkyl halides is 1. The van der Waals surface area contributed by atoms with Crippen molar-refractivity contribution in [3.8, 4) is 5.75 Å². The molecule has 0 N–H and O–H groups in total. The van der Waals surface area contributed by atoms with Crippen LogP contribution in [0.1, 0.15) is 32.1 Å². The molecule has 0 radical (unpaired) electrons. The van der Waals surface area contributed by atoms with E-state index in [2.05, 4.69) is 62.8 Å². The Bertz CT molecular complexity index is 414. The molecule has 2 fully saturated rings. The van der Waals surface area contributed by atoms with E-state index < -0.39 is 0 Å². The van der Waals surface area contributed by atoms with Gasteiger partial charge < -0.3 is 4.74 Å². The summed E-state index contributed by atoms with van der Waals surface area (Å²) < 4.78 is 7.45. The third-order valence-electron chi connectivity index (χ3n) is 4.29. The van der Waals surface area contributed by atoms with Crippen molar-refractivity contribution >= 4 is 38.5 Å². The minimum Gasteiger partial charge on any atom is -0.490 e. The summed E-state index contributed by atoms with van der Waals surface area (Å²) >= 11 is 6.17. The van der Waals surface area contributed by atoms with Crippen molar-refractivity contribution in [2.45, 2.75) is 43.0 Å². The maximum Gasteiger partial charge on any atom is 0.120 e. The Kier molecular flexibility index (Phi) is 3.41. The molecule has 2 unspecified atom stereocenters. The van der Waals surface area contributed by atoms with Gasteiger partial charge in [-0.2, -0.15) is 0 Å². The molecule has 1 nitrogen and oxygen atoms in total. The molecule has 3 rings (SSSR count). The smallest absolute Gasteiger partial charge is 0.120 e. The zero-order chi connectivity index (χ0) is 11.9. The molecule has 2 atom stereocenters. The lowest BCUT2D eigenvalue weighted by molar-refractivity contribution is -0.0304. The lowest BCUT2D eigenvalue weighted by atomic mass is 9.64. The Labute approximate surface area is 125 Å². The van der Waals surface area contributed by atoms with E-state index in [4.69, 9.17) is 4.74 Å². The highest BCUT2D eigenvalue weighted by atomic mass is 127. The zero-order valence-corrected chi connectivity index (χ0v) is 13.4. The van der Waals surface area contributed by atoms with Crippen molar-refractivity contribution in [2.75, 3.05) is 0 Å². The Morgan fingerprint density at radius 1 is 1.29 bits per heavy atom. The van der Waals surface area contributed by atoms with E-state index in [1.807, 2.05) is 0 Å². The number of hydrogen-bond donors (Lipinski definition) is 0. The van der Waals surface area contributed by atoms with E-state index in [1.165, 1.54) is 29.3 Å². The van der Waals surface area contributed by atoms with E-state index in [1.54, 1.807) is 0 Å². The highest BCUT2D eigenvalue weighted by Crippen LogP contribution is 2.57. The lowest BCUT2D eigenvalue weighted by Crippen LogP contribution is -2.55. The first kappa shape index (κ1) is 12.3. The van der Waals surface area contributed by atoms with Crippen LogP contribution in [0.2, 0.25) is 0 Å². The van der Waals surface area contributed by atoms with Crippen molar-refractivity contribution in [3.05, 3.63) is 27.8 Å². The molecule has 1 aromatic rings. The second kappa shape index (κ2) is 4.72. The number of rotatable bonds is 2. The molecule has 0 bridgehead atoms. The monoisotopic (exact) mass is 406 g/mol. The first-order chi connectivity index (χ1) is 8.21. The van der Waals surface area contributed by atoms with E-state index in [9.17, 15) is 0 Å². The minimum atomic E-state index is 0.424. The van der Waals surface area contributed by atoms with Gasteiger partial charge in [0, 0.05) is 13.8 Å². The predicted molar refractivity (Wildman–Crippen MR) is 81.8 cm³/mol. The first-order valence-corrected chi connectivity index (χ1v) is 8.26. The number of benzene rings is 1. The largest absolute Gasteiger partial charge is 0.490 e. The maximum atomic E-state index is 6.20. The molecular formula is C14H16BrIO. The van der Waals surface area contributed by atoms with Crippen LogP contribution in [0.4, 0.5) is 0 Å². The highest BCUT2D eigenvalue weighted by molar-refractivity contribution is 14.1. The van der Waals surface area contributed by atoms with Crippen molar-refractivity contribution in [3.63, 3.8) is 0 Å². The standard InChI is InChI=1S/C14H16BrIO/c15-12-9-13(14(12)6-1-2-7-14)17-11-5-3-4-10(16)8-11/h3-5,8,12-13H,1-2,6-7,9H2. The second-order valence-corrected chi connectivity index (χ2v) is 7.56. The fourth-order valence-electron chi connectivity index (χ4n) is 3.24. The molecule has 0 aromatic heterocycles. The number of halogens is 2. The molecule has 92 valence electrons. The molecule has 3 heteroatoms. The van der Waals surface area contributed by atoms with Gasteiger partial charge in [0.1, 0.15) is 11.9 Å². The van der Waals surface area contributed by atoms with Crippen LogP contribution in [-0.4, -0.2) is 10.9 Å². The van der Waals surface area contributed by atoms with Crippen LogP contribution in [-0.2, 0) is 0 Å². The molecule has 1 aromatic carbocycles. The topological polar surface area (TPSA) is 9.23 Å². The van der Waals surface area contributed by atoms with Crippen molar-refractivity contribution in [2.24, 2.45) is 5.41 Å². The van der Waals surface area contributed by atoms with Crippen LogP contribution in [0.25, 0.3) is 0 Å². The fourth-order valence-corrected chi connectivity index (χ4v) is 4.84. The highest BCUT2D eigenvalue weighted by Gasteiger charge is 2.56. The van der Waals surface area contributed by atoms with Crippen molar-refractivity contribution in [1.82, 2.24) is 0 Å². The van der Waals surface area contributed by atoms with E-state index in [-0.39, 0.29) is 0 Å². The van der Waals surface area contributed by atoms with Crippen molar-refractivity contribution < 1.29 is 4.74 Å². The SMILES string of the molecule is BrC1CC(Oc2cccc(I)c2)C12CCCC2. The molecule has 2 aliphatic rings.